The van der Waals surface area contributed by atoms with Crippen LogP contribution in [0.25, 0.3) is 0 Å². The summed E-state index contributed by atoms with van der Waals surface area (Å²) >= 11 is 0. The third-order valence-corrected chi connectivity index (χ3v) is 5.62. The van der Waals surface area contributed by atoms with Gasteiger partial charge in [-0.3, -0.25) is 4.79 Å². The van der Waals surface area contributed by atoms with Crippen LogP contribution in [0.5, 0.6) is 5.75 Å². The van der Waals surface area contributed by atoms with Crippen molar-refractivity contribution in [1.29, 1.82) is 0 Å². The average molecular weight is 368 g/mol. The van der Waals surface area contributed by atoms with E-state index in [-0.39, 0.29) is 11.8 Å². The highest BCUT2D eigenvalue weighted by atomic mass is 16.5. The number of likely N-dealkylation sites (tertiary alicyclic amines) is 1. The molecule has 3 heterocycles. The molecule has 0 spiro atoms. The summed E-state index contributed by atoms with van der Waals surface area (Å²) in [6.45, 7) is 5.14. The van der Waals surface area contributed by atoms with Crippen molar-refractivity contribution in [1.82, 2.24) is 19.7 Å². The van der Waals surface area contributed by atoms with Gasteiger partial charge in [0, 0.05) is 37.5 Å². The Bertz CT molecular complexity index is 784. The van der Waals surface area contributed by atoms with Crippen LogP contribution in [-0.2, 0) is 13.0 Å². The van der Waals surface area contributed by atoms with Crippen molar-refractivity contribution >= 4 is 5.91 Å². The Kier molecular flexibility index (Phi) is 5.41. The second-order valence-corrected chi connectivity index (χ2v) is 7.48. The standard InChI is InChI=1S/C21H28N4O2/c1-2-27-18-11-9-16(10-12-18)21(26)24-13-6-7-17(15-24)20-23-22-19-8-4-3-5-14-25(19)20/h9-12,17H,2-8,13-15H2,1H3. The summed E-state index contributed by atoms with van der Waals surface area (Å²) in [5, 5.41) is 8.96. The fraction of sp³-hybridized carbons (Fsp3) is 0.571. The van der Waals surface area contributed by atoms with Gasteiger partial charge in [-0.15, -0.1) is 10.2 Å². The number of carbonyl (C=O) groups is 1. The van der Waals surface area contributed by atoms with Crippen molar-refractivity contribution in [3.05, 3.63) is 41.5 Å². The first kappa shape index (κ1) is 18.0. The maximum atomic E-state index is 13.0. The number of benzene rings is 1. The molecule has 2 aliphatic heterocycles. The molecule has 1 amide bonds. The number of piperidine rings is 1. The van der Waals surface area contributed by atoms with Crippen molar-refractivity contribution in [3.63, 3.8) is 0 Å². The topological polar surface area (TPSA) is 60.2 Å². The predicted molar refractivity (Wildman–Crippen MR) is 103 cm³/mol. The Morgan fingerprint density at radius 1 is 1.11 bits per heavy atom. The lowest BCUT2D eigenvalue weighted by molar-refractivity contribution is 0.0703. The Morgan fingerprint density at radius 2 is 1.96 bits per heavy atom. The first-order valence-electron chi connectivity index (χ1n) is 10.2. The molecule has 1 unspecified atom stereocenters. The third kappa shape index (κ3) is 3.84. The molecule has 144 valence electrons. The normalized spacial score (nSPS) is 20.0. The molecule has 27 heavy (non-hydrogen) atoms. The molecule has 1 saturated heterocycles. The first-order chi connectivity index (χ1) is 13.3. The number of fused-ring (bicyclic) bond motifs is 1. The molecule has 2 aromatic rings. The summed E-state index contributed by atoms with van der Waals surface area (Å²) in [6, 6.07) is 7.47. The van der Waals surface area contributed by atoms with Crippen LogP contribution < -0.4 is 4.74 Å². The molecule has 1 aromatic carbocycles. The van der Waals surface area contributed by atoms with Crippen LogP contribution in [0, 0.1) is 0 Å². The summed E-state index contributed by atoms with van der Waals surface area (Å²) < 4.78 is 7.79. The molecule has 1 fully saturated rings. The monoisotopic (exact) mass is 368 g/mol. The minimum atomic E-state index is 0.0957. The van der Waals surface area contributed by atoms with Gasteiger partial charge < -0.3 is 14.2 Å². The van der Waals surface area contributed by atoms with Crippen LogP contribution in [0.1, 0.15) is 67.0 Å². The number of ether oxygens (including phenoxy) is 1. The van der Waals surface area contributed by atoms with Gasteiger partial charge in [-0.2, -0.15) is 0 Å². The number of hydrogen-bond acceptors (Lipinski definition) is 4. The Labute approximate surface area is 160 Å². The molecular formula is C21H28N4O2. The van der Waals surface area contributed by atoms with Crippen molar-refractivity contribution in [2.75, 3.05) is 19.7 Å². The molecule has 0 bridgehead atoms. The minimum absolute atomic E-state index is 0.0957. The molecule has 0 aliphatic carbocycles. The predicted octanol–water partition coefficient (Wildman–Crippen LogP) is 3.42. The molecule has 6 heteroatoms. The smallest absolute Gasteiger partial charge is 0.253 e. The third-order valence-electron chi connectivity index (χ3n) is 5.62. The quantitative estimate of drug-likeness (QED) is 0.830. The first-order valence-corrected chi connectivity index (χ1v) is 10.2. The molecule has 0 radical (unpaired) electrons. The highest BCUT2D eigenvalue weighted by Gasteiger charge is 2.29. The van der Waals surface area contributed by atoms with Gasteiger partial charge >= 0.3 is 0 Å². The zero-order valence-corrected chi connectivity index (χ0v) is 16.1. The summed E-state index contributed by atoms with van der Waals surface area (Å²) in [4.78, 5) is 14.9. The van der Waals surface area contributed by atoms with Crippen LogP contribution in [0.4, 0.5) is 0 Å². The SMILES string of the molecule is CCOc1ccc(C(=O)N2CCCC(c3nnc4n3CCCCC4)C2)cc1. The number of carbonyl (C=O) groups excluding carboxylic acids is 1. The highest BCUT2D eigenvalue weighted by molar-refractivity contribution is 5.94. The van der Waals surface area contributed by atoms with E-state index in [1.807, 2.05) is 36.1 Å². The van der Waals surface area contributed by atoms with Crippen LogP contribution in [0.2, 0.25) is 0 Å². The van der Waals surface area contributed by atoms with Gasteiger partial charge in [0.25, 0.3) is 5.91 Å². The highest BCUT2D eigenvalue weighted by Crippen LogP contribution is 2.29. The van der Waals surface area contributed by atoms with Gasteiger partial charge in [0.05, 0.1) is 6.61 Å². The van der Waals surface area contributed by atoms with Gasteiger partial charge in [0.1, 0.15) is 17.4 Å². The van der Waals surface area contributed by atoms with Gasteiger partial charge in [-0.05, 0) is 56.9 Å². The number of aromatic nitrogens is 3. The van der Waals surface area contributed by atoms with Crippen LogP contribution in [-0.4, -0.2) is 45.3 Å². The number of aryl methyl sites for hydroxylation is 1. The van der Waals surface area contributed by atoms with Crippen molar-refractivity contribution in [3.8, 4) is 5.75 Å². The van der Waals surface area contributed by atoms with Crippen LogP contribution >= 0.6 is 0 Å². The molecule has 2 aliphatic rings. The summed E-state index contributed by atoms with van der Waals surface area (Å²) in [5.41, 5.74) is 0.721. The Morgan fingerprint density at radius 3 is 2.78 bits per heavy atom. The van der Waals surface area contributed by atoms with Crippen molar-refractivity contribution in [2.45, 2.75) is 57.9 Å². The number of hydrogen-bond donors (Lipinski definition) is 0. The number of nitrogens with zero attached hydrogens (tertiary/aromatic N) is 4. The average Bonchev–Trinajstić information content (AvgIpc) is 2.97. The van der Waals surface area contributed by atoms with E-state index in [2.05, 4.69) is 14.8 Å². The van der Waals surface area contributed by atoms with Gasteiger partial charge in [-0.1, -0.05) is 6.42 Å². The number of amides is 1. The second kappa shape index (κ2) is 8.11. The summed E-state index contributed by atoms with van der Waals surface area (Å²) in [7, 11) is 0. The maximum Gasteiger partial charge on any atom is 0.253 e. The largest absolute Gasteiger partial charge is 0.494 e. The molecule has 0 saturated carbocycles. The van der Waals surface area contributed by atoms with E-state index in [1.54, 1.807) is 0 Å². The van der Waals surface area contributed by atoms with E-state index in [0.29, 0.717) is 6.61 Å². The molecule has 6 nitrogen and oxygen atoms in total. The van der Waals surface area contributed by atoms with Gasteiger partial charge in [-0.25, -0.2) is 0 Å². The zero-order valence-electron chi connectivity index (χ0n) is 16.1. The van der Waals surface area contributed by atoms with E-state index in [1.165, 1.54) is 19.3 Å². The van der Waals surface area contributed by atoms with Crippen LogP contribution in [0.15, 0.2) is 24.3 Å². The van der Waals surface area contributed by atoms with Crippen molar-refractivity contribution < 1.29 is 9.53 Å². The number of rotatable bonds is 4. The molecule has 0 N–H and O–H groups in total. The lowest BCUT2D eigenvalue weighted by Gasteiger charge is -2.32. The summed E-state index contributed by atoms with van der Waals surface area (Å²) in [6.07, 6.45) is 6.76. The van der Waals surface area contributed by atoms with Gasteiger partial charge in [0.2, 0.25) is 0 Å². The van der Waals surface area contributed by atoms with E-state index < -0.39 is 0 Å². The van der Waals surface area contributed by atoms with E-state index in [0.717, 1.165) is 61.9 Å². The molecule has 4 rings (SSSR count). The minimum Gasteiger partial charge on any atom is -0.494 e. The van der Waals surface area contributed by atoms with Crippen LogP contribution in [0.3, 0.4) is 0 Å². The molecule has 1 aromatic heterocycles. The Balaban J connectivity index is 1.48. The van der Waals surface area contributed by atoms with E-state index in [9.17, 15) is 4.79 Å². The van der Waals surface area contributed by atoms with E-state index >= 15 is 0 Å². The molecule has 1 atom stereocenters. The fourth-order valence-corrected chi connectivity index (χ4v) is 4.22. The van der Waals surface area contributed by atoms with Gasteiger partial charge in [0.15, 0.2) is 0 Å². The van der Waals surface area contributed by atoms with Crippen molar-refractivity contribution in [2.24, 2.45) is 0 Å². The Hall–Kier alpha value is -2.37. The fourth-order valence-electron chi connectivity index (χ4n) is 4.22. The maximum absolute atomic E-state index is 13.0. The zero-order chi connectivity index (χ0) is 18.6. The lowest BCUT2D eigenvalue weighted by atomic mass is 9.96. The second-order valence-electron chi connectivity index (χ2n) is 7.48. The lowest BCUT2D eigenvalue weighted by Crippen LogP contribution is -2.39. The summed E-state index contributed by atoms with van der Waals surface area (Å²) in [5.74, 6) is 3.38. The molecular weight excluding hydrogens is 340 g/mol. The van der Waals surface area contributed by atoms with E-state index in [4.69, 9.17) is 4.74 Å².